The van der Waals surface area contributed by atoms with E-state index in [9.17, 15) is 0 Å². The molecule has 0 aliphatic carbocycles. The number of nitrogens with zero attached hydrogens (tertiary/aromatic N) is 1. The molecule has 0 radical (unpaired) electrons. The van der Waals surface area contributed by atoms with Gasteiger partial charge in [-0.05, 0) is 18.2 Å². The van der Waals surface area contributed by atoms with Crippen molar-refractivity contribution < 1.29 is 4.74 Å². The molecule has 0 aliphatic heterocycles. The standard InChI is InChI=1S/C11H11N3O/c12-14-9-6-7-11(13-8-9)15-10-4-2-1-3-5-10/h1-8,14H,12H2. The maximum absolute atomic E-state index is 5.50. The molecule has 0 atom stereocenters. The van der Waals surface area contributed by atoms with Crippen LogP contribution in [0, 0.1) is 0 Å². The summed E-state index contributed by atoms with van der Waals surface area (Å²) in [6.07, 6.45) is 1.61. The van der Waals surface area contributed by atoms with Gasteiger partial charge in [0, 0.05) is 6.07 Å². The van der Waals surface area contributed by atoms with Crippen LogP contribution in [0.4, 0.5) is 5.69 Å². The van der Waals surface area contributed by atoms with E-state index < -0.39 is 0 Å². The van der Waals surface area contributed by atoms with Crippen molar-refractivity contribution in [2.24, 2.45) is 5.84 Å². The maximum atomic E-state index is 5.50. The van der Waals surface area contributed by atoms with E-state index >= 15 is 0 Å². The van der Waals surface area contributed by atoms with Crippen LogP contribution in [0.1, 0.15) is 0 Å². The lowest BCUT2D eigenvalue weighted by Gasteiger charge is -2.04. The average molecular weight is 201 g/mol. The summed E-state index contributed by atoms with van der Waals surface area (Å²) in [6.45, 7) is 0. The molecule has 0 spiro atoms. The van der Waals surface area contributed by atoms with E-state index in [-0.39, 0.29) is 0 Å². The number of nitrogens with one attached hydrogen (secondary N) is 1. The van der Waals surface area contributed by atoms with Crippen LogP contribution in [0.3, 0.4) is 0 Å². The molecule has 0 unspecified atom stereocenters. The van der Waals surface area contributed by atoms with Gasteiger partial charge >= 0.3 is 0 Å². The van der Waals surface area contributed by atoms with Crippen LogP contribution in [0.15, 0.2) is 48.7 Å². The quantitative estimate of drug-likeness (QED) is 0.590. The second kappa shape index (κ2) is 4.43. The van der Waals surface area contributed by atoms with Gasteiger partial charge in [0.1, 0.15) is 5.75 Å². The molecule has 1 heterocycles. The summed E-state index contributed by atoms with van der Waals surface area (Å²) in [5.74, 6) is 6.53. The number of anilines is 1. The topological polar surface area (TPSA) is 60.2 Å². The van der Waals surface area contributed by atoms with Gasteiger partial charge in [-0.15, -0.1) is 0 Å². The second-order valence-corrected chi connectivity index (χ2v) is 2.94. The first-order chi connectivity index (χ1) is 7.38. The Morgan fingerprint density at radius 1 is 1.07 bits per heavy atom. The van der Waals surface area contributed by atoms with Crippen molar-refractivity contribution in [3.05, 3.63) is 48.7 Å². The highest BCUT2D eigenvalue weighted by molar-refractivity contribution is 5.41. The molecule has 2 rings (SSSR count). The lowest BCUT2D eigenvalue weighted by Crippen LogP contribution is -2.06. The SMILES string of the molecule is NNc1ccc(Oc2ccccc2)nc1. The summed E-state index contributed by atoms with van der Waals surface area (Å²) in [7, 11) is 0. The molecule has 15 heavy (non-hydrogen) atoms. The number of ether oxygens (including phenoxy) is 1. The van der Waals surface area contributed by atoms with Crippen LogP contribution >= 0.6 is 0 Å². The fourth-order valence-corrected chi connectivity index (χ4v) is 1.14. The third-order valence-electron chi connectivity index (χ3n) is 1.87. The minimum absolute atomic E-state index is 0.542. The number of nitrogens with two attached hydrogens (primary N) is 1. The number of hydrogen-bond acceptors (Lipinski definition) is 4. The van der Waals surface area contributed by atoms with Gasteiger partial charge in [-0.25, -0.2) is 4.98 Å². The molecular weight excluding hydrogens is 190 g/mol. The van der Waals surface area contributed by atoms with Gasteiger partial charge in [0.2, 0.25) is 5.88 Å². The third-order valence-corrected chi connectivity index (χ3v) is 1.87. The maximum Gasteiger partial charge on any atom is 0.219 e. The molecule has 4 heteroatoms. The van der Waals surface area contributed by atoms with E-state index in [1.807, 2.05) is 30.3 Å². The summed E-state index contributed by atoms with van der Waals surface area (Å²) in [5.41, 5.74) is 3.25. The van der Waals surface area contributed by atoms with Crippen molar-refractivity contribution in [1.29, 1.82) is 0 Å². The highest BCUT2D eigenvalue weighted by Crippen LogP contribution is 2.19. The fraction of sp³-hybridized carbons (Fsp3) is 0. The van der Waals surface area contributed by atoms with E-state index in [0.29, 0.717) is 5.88 Å². The molecule has 1 aromatic carbocycles. The molecule has 0 bridgehead atoms. The number of pyridine rings is 1. The first-order valence-electron chi connectivity index (χ1n) is 4.54. The number of hydrazine groups is 1. The zero-order valence-corrected chi connectivity index (χ0v) is 8.05. The Labute approximate surface area is 87.7 Å². The highest BCUT2D eigenvalue weighted by Gasteiger charge is 1.97. The second-order valence-electron chi connectivity index (χ2n) is 2.94. The fourth-order valence-electron chi connectivity index (χ4n) is 1.14. The van der Waals surface area contributed by atoms with Crippen LogP contribution in [-0.4, -0.2) is 4.98 Å². The Balaban J connectivity index is 2.11. The molecule has 4 nitrogen and oxygen atoms in total. The van der Waals surface area contributed by atoms with Gasteiger partial charge in [0.15, 0.2) is 0 Å². The number of hydrogen-bond donors (Lipinski definition) is 2. The number of benzene rings is 1. The lowest BCUT2D eigenvalue weighted by molar-refractivity contribution is 0.463. The molecule has 76 valence electrons. The van der Waals surface area contributed by atoms with E-state index in [2.05, 4.69) is 10.4 Å². The van der Waals surface area contributed by atoms with Gasteiger partial charge in [-0.1, -0.05) is 18.2 Å². The van der Waals surface area contributed by atoms with Crippen molar-refractivity contribution in [1.82, 2.24) is 4.98 Å². The first kappa shape index (κ1) is 9.48. The van der Waals surface area contributed by atoms with Crippen molar-refractivity contribution in [2.45, 2.75) is 0 Å². The zero-order chi connectivity index (χ0) is 10.5. The van der Waals surface area contributed by atoms with Crippen LogP contribution in [0.2, 0.25) is 0 Å². The molecule has 3 N–H and O–H groups in total. The Bertz CT molecular complexity index is 414. The largest absolute Gasteiger partial charge is 0.439 e. The van der Waals surface area contributed by atoms with Crippen LogP contribution < -0.4 is 16.0 Å². The minimum Gasteiger partial charge on any atom is -0.439 e. The Morgan fingerprint density at radius 2 is 1.87 bits per heavy atom. The van der Waals surface area contributed by atoms with Crippen molar-refractivity contribution in [3.63, 3.8) is 0 Å². The van der Waals surface area contributed by atoms with Crippen LogP contribution in [0.25, 0.3) is 0 Å². The number of nitrogen functional groups attached to an aromatic ring is 1. The van der Waals surface area contributed by atoms with Gasteiger partial charge in [-0.2, -0.15) is 0 Å². The Kier molecular flexibility index (Phi) is 2.80. The smallest absolute Gasteiger partial charge is 0.219 e. The zero-order valence-electron chi connectivity index (χ0n) is 8.05. The molecule has 1 aromatic heterocycles. The molecule has 2 aromatic rings. The van der Waals surface area contributed by atoms with Crippen molar-refractivity contribution in [2.75, 3.05) is 5.43 Å². The lowest BCUT2D eigenvalue weighted by atomic mass is 10.3. The molecule has 0 amide bonds. The average Bonchev–Trinajstić information content (AvgIpc) is 2.31. The van der Waals surface area contributed by atoms with E-state index in [1.165, 1.54) is 0 Å². The molecule has 0 fully saturated rings. The minimum atomic E-state index is 0.542. The van der Waals surface area contributed by atoms with E-state index in [0.717, 1.165) is 11.4 Å². The predicted molar refractivity (Wildman–Crippen MR) is 58.6 cm³/mol. The molecule has 0 aliphatic rings. The van der Waals surface area contributed by atoms with Crippen molar-refractivity contribution >= 4 is 5.69 Å². The molecule has 0 saturated heterocycles. The normalized spacial score (nSPS) is 9.67. The third kappa shape index (κ3) is 2.45. The van der Waals surface area contributed by atoms with E-state index in [1.54, 1.807) is 18.3 Å². The highest BCUT2D eigenvalue weighted by atomic mass is 16.5. The van der Waals surface area contributed by atoms with Crippen LogP contribution in [0.5, 0.6) is 11.6 Å². The van der Waals surface area contributed by atoms with Gasteiger partial charge in [0.05, 0.1) is 11.9 Å². The summed E-state index contributed by atoms with van der Waals surface area (Å²) >= 11 is 0. The summed E-state index contributed by atoms with van der Waals surface area (Å²) in [5, 5.41) is 0. The predicted octanol–water partition coefficient (Wildman–Crippen LogP) is 2.16. The van der Waals surface area contributed by atoms with Gasteiger partial charge in [-0.3, -0.25) is 5.84 Å². The number of aromatic nitrogens is 1. The summed E-state index contributed by atoms with van der Waals surface area (Å²) in [4.78, 5) is 4.08. The van der Waals surface area contributed by atoms with Crippen LogP contribution in [-0.2, 0) is 0 Å². The van der Waals surface area contributed by atoms with Gasteiger partial charge in [0.25, 0.3) is 0 Å². The Morgan fingerprint density at radius 3 is 2.47 bits per heavy atom. The Hall–Kier alpha value is -2.07. The van der Waals surface area contributed by atoms with E-state index in [4.69, 9.17) is 10.6 Å². The summed E-state index contributed by atoms with van der Waals surface area (Å²) < 4.78 is 5.50. The number of para-hydroxylation sites is 1. The summed E-state index contributed by atoms with van der Waals surface area (Å²) in [6, 6.07) is 13.0. The molecular formula is C11H11N3O. The monoisotopic (exact) mass is 201 g/mol. The first-order valence-corrected chi connectivity index (χ1v) is 4.54. The molecule has 0 saturated carbocycles. The van der Waals surface area contributed by atoms with Crippen molar-refractivity contribution in [3.8, 4) is 11.6 Å². The van der Waals surface area contributed by atoms with Gasteiger partial charge < -0.3 is 10.2 Å². The number of rotatable bonds is 3.